The van der Waals surface area contributed by atoms with Gasteiger partial charge in [-0.05, 0) is 13.5 Å². The minimum atomic E-state index is 0.153. The van der Waals surface area contributed by atoms with Gasteiger partial charge in [-0.1, -0.05) is 0 Å². The molecule has 0 saturated heterocycles. The summed E-state index contributed by atoms with van der Waals surface area (Å²) < 4.78 is 0. The average molecular weight is 101 g/mol. The van der Waals surface area contributed by atoms with Crippen molar-refractivity contribution in [3.05, 3.63) is 17.5 Å². The second kappa shape index (κ2) is 2.77. The Hall–Kier alpha value is -0.340. The van der Waals surface area contributed by atoms with E-state index in [-0.39, 0.29) is 5.06 Å². The van der Waals surface area contributed by atoms with Crippen LogP contribution >= 0.6 is 0 Å². The summed E-state index contributed by atoms with van der Waals surface area (Å²) in [6.07, 6.45) is 0. The molecule has 0 spiro atoms. The highest BCUT2D eigenvalue weighted by Gasteiger charge is 1.87. The number of rotatable bonds is 2. The number of allylic oxidation sites excluding steroid dienone is 1. The van der Waals surface area contributed by atoms with Gasteiger partial charge >= 0.3 is 0 Å². The van der Waals surface area contributed by atoms with Crippen LogP contribution in [0.25, 0.3) is 0 Å². The quantitative estimate of drug-likeness (QED) is 0.484. The van der Waals surface area contributed by atoms with Crippen molar-refractivity contribution in [1.82, 2.24) is 0 Å². The maximum atomic E-state index is 10.4. The van der Waals surface area contributed by atoms with E-state index in [4.69, 9.17) is 0 Å². The van der Waals surface area contributed by atoms with Crippen molar-refractivity contribution < 1.29 is 5.06 Å². The van der Waals surface area contributed by atoms with Gasteiger partial charge in [-0.3, -0.25) is 0 Å². The van der Waals surface area contributed by atoms with Crippen molar-refractivity contribution in [3.8, 4) is 0 Å². The minimum absolute atomic E-state index is 0.153. The van der Waals surface area contributed by atoms with Gasteiger partial charge in [0.15, 0.2) is 0 Å². The summed E-state index contributed by atoms with van der Waals surface area (Å²) in [6.45, 7) is 7.61. The van der Waals surface area contributed by atoms with Crippen LogP contribution in [-0.4, -0.2) is 6.54 Å². The molecule has 1 atom stereocenters. The fourth-order valence-corrected chi connectivity index (χ4v) is 0.302. The van der Waals surface area contributed by atoms with Crippen LogP contribution in [0.4, 0.5) is 0 Å². The zero-order valence-corrected chi connectivity index (χ0v) is 4.82. The first kappa shape index (κ1) is 6.66. The van der Waals surface area contributed by atoms with E-state index in [2.05, 4.69) is 6.58 Å². The van der Waals surface area contributed by atoms with Crippen LogP contribution < -0.4 is 5.06 Å². The van der Waals surface area contributed by atoms with Crippen molar-refractivity contribution in [2.45, 2.75) is 13.8 Å². The Morgan fingerprint density at radius 2 is 2.29 bits per heavy atom. The summed E-state index contributed by atoms with van der Waals surface area (Å²) >= 11 is 0. The fourth-order valence-electron chi connectivity index (χ4n) is 0.302. The molecule has 0 aliphatic carbocycles. The summed E-state index contributed by atoms with van der Waals surface area (Å²) in [7, 11) is 0. The third-order valence-electron chi connectivity index (χ3n) is 0.797. The van der Waals surface area contributed by atoms with Crippen LogP contribution in [0.15, 0.2) is 12.3 Å². The molecule has 2 heteroatoms. The first-order valence-corrected chi connectivity index (χ1v) is 2.37. The van der Waals surface area contributed by atoms with Crippen LogP contribution in [-0.2, 0) is 0 Å². The molecule has 42 valence electrons. The maximum Gasteiger partial charge on any atom is 0.0967 e. The second-order valence-electron chi connectivity index (χ2n) is 1.56. The SMILES string of the molecule is C=C(C)[NH+]([O-])CC. The third-order valence-corrected chi connectivity index (χ3v) is 0.797. The molecular weight excluding hydrogens is 90.1 g/mol. The number of nitrogens with one attached hydrogen (secondary N) is 1. The lowest BCUT2D eigenvalue weighted by atomic mass is 10.5. The molecule has 0 aromatic carbocycles. The molecule has 0 amide bonds. The predicted octanol–water partition coefficient (Wildman–Crippen LogP) is -0.0774. The fraction of sp³-hybridized carbons (Fsp3) is 0.600. The van der Waals surface area contributed by atoms with Crippen LogP contribution in [0.1, 0.15) is 13.8 Å². The normalized spacial score (nSPS) is 13.6. The molecule has 0 aliphatic rings. The Labute approximate surface area is 44.0 Å². The van der Waals surface area contributed by atoms with E-state index in [1.54, 1.807) is 6.92 Å². The van der Waals surface area contributed by atoms with Crippen molar-refractivity contribution in [2.75, 3.05) is 6.54 Å². The Morgan fingerprint density at radius 3 is 2.29 bits per heavy atom. The molecule has 0 radical (unpaired) electrons. The van der Waals surface area contributed by atoms with E-state index in [1.165, 1.54) is 0 Å². The van der Waals surface area contributed by atoms with Gasteiger partial charge in [0, 0.05) is 6.92 Å². The third kappa shape index (κ3) is 2.37. The van der Waals surface area contributed by atoms with Gasteiger partial charge in [0.05, 0.1) is 12.2 Å². The van der Waals surface area contributed by atoms with Gasteiger partial charge in [-0.25, -0.2) is 0 Å². The topological polar surface area (TPSA) is 27.5 Å². The lowest BCUT2D eigenvalue weighted by molar-refractivity contribution is -0.803. The molecule has 0 heterocycles. The van der Waals surface area contributed by atoms with Gasteiger partial charge in [0.1, 0.15) is 0 Å². The maximum absolute atomic E-state index is 10.4. The highest BCUT2D eigenvalue weighted by atomic mass is 16.5. The molecule has 0 fully saturated rings. The van der Waals surface area contributed by atoms with Crippen molar-refractivity contribution in [1.29, 1.82) is 0 Å². The highest BCUT2D eigenvalue weighted by molar-refractivity contribution is 4.70. The zero-order chi connectivity index (χ0) is 5.86. The van der Waals surface area contributed by atoms with Crippen molar-refractivity contribution in [2.24, 2.45) is 0 Å². The van der Waals surface area contributed by atoms with E-state index in [0.717, 1.165) is 0 Å². The lowest BCUT2D eigenvalue weighted by Gasteiger charge is -2.18. The van der Waals surface area contributed by atoms with Gasteiger partial charge in [0.25, 0.3) is 0 Å². The van der Waals surface area contributed by atoms with E-state index >= 15 is 0 Å². The molecular formula is C5H11NO. The van der Waals surface area contributed by atoms with E-state index in [1.807, 2.05) is 6.92 Å². The van der Waals surface area contributed by atoms with E-state index < -0.39 is 0 Å². The van der Waals surface area contributed by atoms with Gasteiger partial charge < -0.3 is 10.3 Å². The Morgan fingerprint density at radius 1 is 1.86 bits per heavy atom. The second-order valence-corrected chi connectivity index (χ2v) is 1.56. The zero-order valence-electron chi connectivity index (χ0n) is 4.82. The minimum Gasteiger partial charge on any atom is -0.629 e. The number of hydrogen-bond acceptors (Lipinski definition) is 1. The van der Waals surface area contributed by atoms with Crippen molar-refractivity contribution in [3.63, 3.8) is 0 Å². The molecule has 0 saturated carbocycles. The van der Waals surface area contributed by atoms with Crippen LogP contribution in [0.2, 0.25) is 0 Å². The van der Waals surface area contributed by atoms with Gasteiger partial charge in [0.2, 0.25) is 0 Å². The number of quaternary nitrogens is 1. The van der Waals surface area contributed by atoms with Crippen LogP contribution in [0.5, 0.6) is 0 Å². The monoisotopic (exact) mass is 101 g/mol. The lowest BCUT2D eigenvalue weighted by Crippen LogP contribution is -3.04. The van der Waals surface area contributed by atoms with Gasteiger partial charge in [-0.15, -0.1) is 0 Å². The molecule has 7 heavy (non-hydrogen) atoms. The molecule has 0 aromatic rings. The number of hydroxylamine groups is 2. The molecule has 0 aromatic heterocycles. The first-order valence-electron chi connectivity index (χ1n) is 2.37. The standard InChI is InChI=1S/C5H11NO/c1-4-6(7)5(2)3/h6H,2,4H2,1,3H3. The summed E-state index contributed by atoms with van der Waals surface area (Å²) in [5, 5.41) is 10.6. The summed E-state index contributed by atoms with van der Waals surface area (Å²) in [5.74, 6) is 0. The van der Waals surface area contributed by atoms with Crippen LogP contribution in [0.3, 0.4) is 0 Å². The average Bonchev–Trinajstić information content (AvgIpc) is 1.65. The van der Waals surface area contributed by atoms with E-state index in [9.17, 15) is 5.21 Å². The molecule has 0 aliphatic heterocycles. The molecule has 1 N–H and O–H groups in total. The van der Waals surface area contributed by atoms with Gasteiger partial charge in [-0.2, -0.15) is 0 Å². The molecule has 0 rings (SSSR count). The molecule has 1 unspecified atom stereocenters. The summed E-state index contributed by atoms with van der Waals surface area (Å²) in [5.41, 5.74) is 0.655. The summed E-state index contributed by atoms with van der Waals surface area (Å²) in [4.78, 5) is 0. The summed E-state index contributed by atoms with van der Waals surface area (Å²) in [6, 6.07) is 0. The Bertz CT molecular complexity index is 70.5. The largest absolute Gasteiger partial charge is 0.629 e. The first-order chi connectivity index (χ1) is 3.18. The Balaban J connectivity index is 3.34. The Kier molecular flexibility index (Phi) is 2.64. The highest BCUT2D eigenvalue weighted by Crippen LogP contribution is 1.64. The van der Waals surface area contributed by atoms with Crippen molar-refractivity contribution >= 4 is 0 Å². The van der Waals surface area contributed by atoms with Crippen LogP contribution in [0, 0.1) is 5.21 Å². The number of hydrogen-bond donors (Lipinski definition) is 1. The smallest absolute Gasteiger partial charge is 0.0967 e. The predicted molar refractivity (Wildman–Crippen MR) is 29.7 cm³/mol. The van der Waals surface area contributed by atoms with E-state index in [0.29, 0.717) is 12.2 Å². The molecule has 2 nitrogen and oxygen atoms in total. The molecule has 0 bridgehead atoms.